The topological polar surface area (TPSA) is 66.8 Å². The molecule has 0 aliphatic carbocycles. The van der Waals surface area contributed by atoms with Crippen LogP contribution in [0.2, 0.25) is 0 Å². The molecule has 1 fully saturated rings. The summed E-state index contributed by atoms with van der Waals surface area (Å²) in [6, 6.07) is -0.796. The number of carbonyl (C=O) groups is 2. The molecule has 0 aromatic rings. The molecule has 0 unspecified atom stereocenters. The highest BCUT2D eigenvalue weighted by Gasteiger charge is 2.40. The number of hydrogen-bond acceptors (Lipinski definition) is 3. The van der Waals surface area contributed by atoms with Crippen molar-refractivity contribution in [3.63, 3.8) is 0 Å². The Balaban J connectivity index is 2.77. The summed E-state index contributed by atoms with van der Waals surface area (Å²) in [5, 5.41) is 9.30. The van der Waals surface area contributed by atoms with E-state index in [0.29, 0.717) is 13.0 Å². The second kappa shape index (κ2) is 6.08. The summed E-state index contributed by atoms with van der Waals surface area (Å²) in [7, 11) is 0. The maximum Gasteiger partial charge on any atom is 0.410 e. The Hall–Kier alpha value is -1.52. The Kier molecular flexibility index (Phi) is 4.97. The SMILES string of the molecule is C=CCOC(=O)N1CC[C@@H](C(C)(C)C)C[C@H]1C(=O)O. The van der Waals surface area contributed by atoms with Gasteiger partial charge in [-0.25, -0.2) is 9.59 Å². The molecule has 2 atom stereocenters. The van der Waals surface area contributed by atoms with Gasteiger partial charge >= 0.3 is 12.1 Å². The Morgan fingerprint density at radius 1 is 1.47 bits per heavy atom. The first-order chi connectivity index (χ1) is 8.77. The number of carboxylic acid groups (broad SMARTS) is 1. The maximum atomic E-state index is 11.8. The van der Waals surface area contributed by atoms with Gasteiger partial charge in [0.05, 0.1) is 0 Å². The van der Waals surface area contributed by atoms with E-state index in [2.05, 4.69) is 27.4 Å². The Labute approximate surface area is 114 Å². The Morgan fingerprint density at radius 2 is 2.11 bits per heavy atom. The van der Waals surface area contributed by atoms with E-state index in [9.17, 15) is 14.7 Å². The van der Waals surface area contributed by atoms with Gasteiger partial charge in [0.2, 0.25) is 0 Å². The molecule has 1 rings (SSSR count). The number of piperidine rings is 1. The number of ether oxygens (including phenoxy) is 1. The summed E-state index contributed by atoms with van der Waals surface area (Å²) in [5.74, 6) is -0.679. The molecular weight excluding hydrogens is 246 g/mol. The highest BCUT2D eigenvalue weighted by molar-refractivity contribution is 5.80. The van der Waals surface area contributed by atoms with Crippen LogP contribution in [0.4, 0.5) is 4.79 Å². The van der Waals surface area contributed by atoms with Crippen LogP contribution in [0.5, 0.6) is 0 Å². The van der Waals surface area contributed by atoms with Crippen LogP contribution in [0.1, 0.15) is 33.6 Å². The van der Waals surface area contributed by atoms with Crippen molar-refractivity contribution < 1.29 is 19.4 Å². The number of rotatable bonds is 3. The number of nitrogens with zero attached hydrogens (tertiary/aromatic N) is 1. The molecule has 1 heterocycles. The molecule has 5 nitrogen and oxygen atoms in total. The summed E-state index contributed by atoms with van der Waals surface area (Å²) >= 11 is 0. The van der Waals surface area contributed by atoms with E-state index < -0.39 is 18.1 Å². The third-order valence-electron chi connectivity index (χ3n) is 3.67. The van der Waals surface area contributed by atoms with Crippen molar-refractivity contribution >= 4 is 12.1 Å². The summed E-state index contributed by atoms with van der Waals surface area (Å²) < 4.78 is 4.94. The van der Waals surface area contributed by atoms with E-state index in [0.717, 1.165) is 6.42 Å². The molecule has 0 saturated carbocycles. The van der Waals surface area contributed by atoms with E-state index in [1.54, 1.807) is 0 Å². The van der Waals surface area contributed by atoms with Gasteiger partial charge < -0.3 is 9.84 Å². The minimum absolute atomic E-state index is 0.0464. The molecule has 0 aromatic carbocycles. The lowest BCUT2D eigenvalue weighted by atomic mass is 9.73. The standard InChI is InChI=1S/C14H23NO4/c1-5-8-19-13(18)15-7-6-10(14(2,3)4)9-11(15)12(16)17/h5,10-11H,1,6-9H2,2-4H3,(H,16,17)/t10-,11+/m1/s1. The van der Waals surface area contributed by atoms with Gasteiger partial charge in [-0.1, -0.05) is 33.4 Å². The molecule has 5 heteroatoms. The lowest BCUT2D eigenvalue weighted by Gasteiger charge is -2.41. The van der Waals surface area contributed by atoms with Crippen LogP contribution in [0.15, 0.2) is 12.7 Å². The van der Waals surface area contributed by atoms with Crippen LogP contribution in [-0.2, 0) is 9.53 Å². The number of aliphatic carboxylic acids is 1. The zero-order chi connectivity index (χ0) is 14.6. The molecule has 0 aromatic heterocycles. The number of carboxylic acids is 1. The summed E-state index contributed by atoms with van der Waals surface area (Å²) in [6.45, 7) is 10.3. The third-order valence-corrected chi connectivity index (χ3v) is 3.67. The van der Waals surface area contributed by atoms with Gasteiger partial charge in [-0.2, -0.15) is 0 Å². The average Bonchev–Trinajstić information content (AvgIpc) is 2.34. The van der Waals surface area contributed by atoms with Crippen LogP contribution in [0.25, 0.3) is 0 Å². The fourth-order valence-electron chi connectivity index (χ4n) is 2.42. The highest BCUT2D eigenvalue weighted by Crippen LogP contribution is 2.37. The van der Waals surface area contributed by atoms with Crippen molar-refractivity contribution in [1.29, 1.82) is 0 Å². The van der Waals surface area contributed by atoms with Gasteiger partial charge in [0.15, 0.2) is 0 Å². The predicted octanol–water partition coefficient (Wildman–Crippen LogP) is 2.52. The number of hydrogen-bond donors (Lipinski definition) is 1. The van der Waals surface area contributed by atoms with Crippen LogP contribution in [-0.4, -0.2) is 41.3 Å². The molecule has 0 bridgehead atoms. The van der Waals surface area contributed by atoms with Gasteiger partial charge in [-0.3, -0.25) is 4.90 Å². The molecule has 1 saturated heterocycles. The normalized spacial score (nSPS) is 23.8. The van der Waals surface area contributed by atoms with Gasteiger partial charge in [-0.05, 0) is 24.2 Å². The third kappa shape index (κ3) is 3.98. The van der Waals surface area contributed by atoms with Crippen molar-refractivity contribution in [3.8, 4) is 0 Å². The summed E-state index contributed by atoms with van der Waals surface area (Å²) in [5.41, 5.74) is 0.0464. The molecular formula is C14H23NO4. The first-order valence-corrected chi connectivity index (χ1v) is 6.54. The molecule has 0 radical (unpaired) electrons. The van der Waals surface area contributed by atoms with Gasteiger partial charge in [0.1, 0.15) is 12.6 Å². The van der Waals surface area contributed by atoms with Crippen molar-refractivity contribution in [2.75, 3.05) is 13.2 Å². The zero-order valence-corrected chi connectivity index (χ0v) is 11.9. The molecule has 1 aliphatic heterocycles. The Morgan fingerprint density at radius 3 is 2.58 bits per heavy atom. The largest absolute Gasteiger partial charge is 0.480 e. The average molecular weight is 269 g/mol. The van der Waals surface area contributed by atoms with Crippen LogP contribution in [0, 0.1) is 11.3 Å². The van der Waals surface area contributed by atoms with E-state index in [4.69, 9.17) is 4.74 Å². The second-order valence-electron chi connectivity index (χ2n) is 6.00. The summed E-state index contributed by atoms with van der Waals surface area (Å²) in [6.07, 6.45) is 2.17. The van der Waals surface area contributed by atoms with Crippen LogP contribution in [0.3, 0.4) is 0 Å². The van der Waals surface area contributed by atoms with E-state index >= 15 is 0 Å². The van der Waals surface area contributed by atoms with Crippen molar-refractivity contribution in [2.24, 2.45) is 11.3 Å². The predicted molar refractivity (Wildman–Crippen MR) is 71.9 cm³/mol. The zero-order valence-electron chi connectivity index (χ0n) is 11.9. The monoisotopic (exact) mass is 269 g/mol. The lowest BCUT2D eigenvalue weighted by Crippen LogP contribution is -2.52. The lowest BCUT2D eigenvalue weighted by molar-refractivity contribution is -0.145. The van der Waals surface area contributed by atoms with E-state index in [1.807, 2.05) is 0 Å². The maximum absolute atomic E-state index is 11.8. The fourth-order valence-corrected chi connectivity index (χ4v) is 2.42. The molecule has 19 heavy (non-hydrogen) atoms. The quantitative estimate of drug-likeness (QED) is 0.799. The molecule has 1 N–H and O–H groups in total. The van der Waals surface area contributed by atoms with Crippen molar-refractivity contribution in [3.05, 3.63) is 12.7 Å². The molecule has 1 amide bonds. The van der Waals surface area contributed by atoms with E-state index in [-0.39, 0.29) is 17.9 Å². The molecule has 1 aliphatic rings. The minimum Gasteiger partial charge on any atom is -0.480 e. The van der Waals surface area contributed by atoms with E-state index in [1.165, 1.54) is 11.0 Å². The molecule has 0 spiro atoms. The number of amides is 1. The second-order valence-corrected chi connectivity index (χ2v) is 6.00. The molecule has 108 valence electrons. The van der Waals surface area contributed by atoms with Crippen molar-refractivity contribution in [2.45, 2.75) is 39.7 Å². The summed E-state index contributed by atoms with van der Waals surface area (Å²) in [4.78, 5) is 24.5. The minimum atomic E-state index is -0.968. The van der Waals surface area contributed by atoms with Crippen LogP contribution >= 0.6 is 0 Å². The van der Waals surface area contributed by atoms with Crippen molar-refractivity contribution in [1.82, 2.24) is 4.90 Å². The smallest absolute Gasteiger partial charge is 0.410 e. The van der Waals surface area contributed by atoms with Gasteiger partial charge in [-0.15, -0.1) is 0 Å². The first kappa shape index (κ1) is 15.5. The highest BCUT2D eigenvalue weighted by atomic mass is 16.6. The van der Waals surface area contributed by atoms with Gasteiger partial charge in [0, 0.05) is 6.54 Å². The first-order valence-electron chi connectivity index (χ1n) is 6.54. The fraction of sp³-hybridized carbons (Fsp3) is 0.714. The Bertz CT molecular complexity index is 359. The van der Waals surface area contributed by atoms with Gasteiger partial charge in [0.25, 0.3) is 0 Å². The van der Waals surface area contributed by atoms with Crippen LogP contribution < -0.4 is 0 Å². The number of likely N-dealkylation sites (tertiary alicyclic amines) is 1. The number of carbonyl (C=O) groups excluding carboxylic acids is 1.